The van der Waals surface area contributed by atoms with E-state index in [2.05, 4.69) is 15.2 Å². The zero-order valence-electron chi connectivity index (χ0n) is 15.8. The highest BCUT2D eigenvalue weighted by molar-refractivity contribution is 6.04. The Hall–Kier alpha value is -2.44. The molecule has 27 heavy (non-hydrogen) atoms. The first-order valence-corrected chi connectivity index (χ1v) is 9.42. The molecule has 0 saturated carbocycles. The van der Waals surface area contributed by atoms with Crippen LogP contribution in [0.25, 0.3) is 0 Å². The number of nitrogens with zero attached hydrogens (tertiary/aromatic N) is 2. The number of benzene rings is 1. The van der Waals surface area contributed by atoms with Gasteiger partial charge in [0.05, 0.1) is 25.1 Å². The summed E-state index contributed by atoms with van der Waals surface area (Å²) in [6.07, 6.45) is 3.40. The standard InChI is InChI=1S/C21H25N3O3/c1-15-3-4-17(13-16(15)2)20(25)23-18-5-6-19(22-14-18)24-9-7-21(8-10-24)26-11-12-27-21/h3-6,13-14H,7-12H2,1-2H3,(H,23,25). The van der Waals surface area contributed by atoms with Crippen LogP contribution in [0.3, 0.4) is 0 Å². The van der Waals surface area contributed by atoms with Crippen LogP contribution in [0, 0.1) is 13.8 Å². The fourth-order valence-electron chi connectivity index (χ4n) is 3.60. The van der Waals surface area contributed by atoms with Gasteiger partial charge in [-0.05, 0) is 49.2 Å². The normalized spacial score (nSPS) is 18.7. The number of hydrogen-bond acceptors (Lipinski definition) is 5. The average molecular weight is 367 g/mol. The van der Waals surface area contributed by atoms with Crippen LogP contribution in [-0.4, -0.2) is 43.0 Å². The third-order valence-electron chi connectivity index (χ3n) is 5.44. The second-order valence-electron chi connectivity index (χ2n) is 7.25. The van der Waals surface area contributed by atoms with Crippen LogP contribution in [0.2, 0.25) is 0 Å². The number of pyridine rings is 1. The maximum Gasteiger partial charge on any atom is 0.255 e. The highest BCUT2D eigenvalue weighted by atomic mass is 16.7. The lowest BCUT2D eigenvalue weighted by Gasteiger charge is -2.38. The SMILES string of the molecule is Cc1ccc(C(=O)Nc2ccc(N3CCC4(CC3)OCCO4)nc2)cc1C. The number of hydrogen-bond donors (Lipinski definition) is 1. The molecule has 3 heterocycles. The summed E-state index contributed by atoms with van der Waals surface area (Å²) in [6, 6.07) is 9.56. The Morgan fingerprint density at radius 1 is 1.07 bits per heavy atom. The Morgan fingerprint density at radius 3 is 2.44 bits per heavy atom. The van der Waals surface area contributed by atoms with Crippen molar-refractivity contribution in [3.05, 3.63) is 53.2 Å². The highest BCUT2D eigenvalue weighted by Gasteiger charge is 2.39. The van der Waals surface area contributed by atoms with Crippen molar-refractivity contribution in [2.24, 2.45) is 0 Å². The van der Waals surface area contributed by atoms with Gasteiger partial charge in [-0.2, -0.15) is 0 Å². The number of rotatable bonds is 3. The second kappa shape index (κ2) is 7.29. The Bertz CT molecular complexity index is 819. The van der Waals surface area contributed by atoms with Gasteiger partial charge in [0.25, 0.3) is 5.91 Å². The lowest BCUT2D eigenvalue weighted by Crippen LogP contribution is -2.45. The van der Waals surface area contributed by atoms with E-state index in [1.807, 2.05) is 44.2 Å². The van der Waals surface area contributed by atoms with Gasteiger partial charge >= 0.3 is 0 Å². The third-order valence-corrected chi connectivity index (χ3v) is 5.44. The van der Waals surface area contributed by atoms with Crippen LogP contribution in [0.5, 0.6) is 0 Å². The quantitative estimate of drug-likeness (QED) is 0.902. The monoisotopic (exact) mass is 367 g/mol. The maximum atomic E-state index is 12.4. The van der Waals surface area contributed by atoms with Crippen LogP contribution >= 0.6 is 0 Å². The van der Waals surface area contributed by atoms with Crippen molar-refractivity contribution in [1.82, 2.24) is 4.98 Å². The molecule has 1 aromatic carbocycles. The maximum absolute atomic E-state index is 12.4. The first-order valence-electron chi connectivity index (χ1n) is 9.42. The molecule has 1 aromatic heterocycles. The van der Waals surface area contributed by atoms with Crippen LogP contribution in [-0.2, 0) is 9.47 Å². The van der Waals surface area contributed by atoms with E-state index in [1.54, 1.807) is 6.20 Å². The summed E-state index contributed by atoms with van der Waals surface area (Å²) in [7, 11) is 0. The Kier molecular flexibility index (Phi) is 4.85. The van der Waals surface area contributed by atoms with Crippen molar-refractivity contribution in [1.29, 1.82) is 0 Å². The average Bonchev–Trinajstić information content (AvgIpc) is 3.13. The van der Waals surface area contributed by atoms with Gasteiger partial charge in [0.1, 0.15) is 5.82 Å². The smallest absolute Gasteiger partial charge is 0.255 e. The summed E-state index contributed by atoms with van der Waals surface area (Å²) in [5, 5.41) is 2.91. The molecule has 1 N–H and O–H groups in total. The molecule has 2 fully saturated rings. The van der Waals surface area contributed by atoms with Crippen LogP contribution in [0.15, 0.2) is 36.5 Å². The fraction of sp³-hybridized carbons (Fsp3) is 0.429. The molecule has 0 aliphatic carbocycles. The van der Waals surface area contributed by atoms with Crippen molar-refractivity contribution in [2.75, 3.05) is 36.5 Å². The lowest BCUT2D eigenvalue weighted by molar-refractivity contribution is -0.169. The Morgan fingerprint density at radius 2 is 1.81 bits per heavy atom. The third kappa shape index (κ3) is 3.82. The van der Waals surface area contributed by atoms with Crippen molar-refractivity contribution in [3.63, 3.8) is 0 Å². The summed E-state index contributed by atoms with van der Waals surface area (Å²) in [5.74, 6) is 0.409. The van der Waals surface area contributed by atoms with E-state index in [0.717, 1.165) is 37.3 Å². The van der Waals surface area contributed by atoms with Crippen LogP contribution in [0.4, 0.5) is 11.5 Å². The summed E-state index contributed by atoms with van der Waals surface area (Å²) < 4.78 is 11.5. The molecule has 2 aliphatic rings. The molecule has 1 amide bonds. The largest absolute Gasteiger partial charge is 0.356 e. The molecular formula is C21H25N3O3. The molecule has 0 radical (unpaired) electrons. The van der Waals surface area contributed by atoms with Gasteiger partial charge in [-0.1, -0.05) is 6.07 Å². The Balaban J connectivity index is 1.37. The lowest BCUT2D eigenvalue weighted by atomic mass is 10.0. The molecule has 6 nitrogen and oxygen atoms in total. The minimum Gasteiger partial charge on any atom is -0.356 e. The topological polar surface area (TPSA) is 63.7 Å². The number of piperidine rings is 1. The molecule has 2 saturated heterocycles. The van der Waals surface area contributed by atoms with Crippen molar-refractivity contribution >= 4 is 17.4 Å². The molecular weight excluding hydrogens is 342 g/mol. The zero-order valence-corrected chi connectivity index (χ0v) is 15.8. The number of aromatic nitrogens is 1. The van der Waals surface area contributed by atoms with E-state index in [9.17, 15) is 4.79 Å². The minimum atomic E-state index is -0.378. The summed E-state index contributed by atoms with van der Waals surface area (Å²) >= 11 is 0. The van der Waals surface area contributed by atoms with Gasteiger partial charge in [-0.15, -0.1) is 0 Å². The van der Waals surface area contributed by atoms with Crippen molar-refractivity contribution in [3.8, 4) is 0 Å². The highest BCUT2D eigenvalue weighted by Crippen LogP contribution is 2.32. The fourth-order valence-corrected chi connectivity index (χ4v) is 3.60. The Labute approximate surface area is 159 Å². The molecule has 6 heteroatoms. The predicted molar refractivity (Wildman–Crippen MR) is 104 cm³/mol. The first-order chi connectivity index (χ1) is 13.0. The van der Waals surface area contributed by atoms with Gasteiger partial charge in [0.15, 0.2) is 5.79 Å². The van der Waals surface area contributed by atoms with Crippen LogP contribution in [0.1, 0.15) is 34.3 Å². The molecule has 142 valence electrons. The number of nitrogens with one attached hydrogen (secondary N) is 1. The molecule has 2 aromatic rings. The molecule has 0 unspecified atom stereocenters. The van der Waals surface area contributed by atoms with E-state index in [-0.39, 0.29) is 11.7 Å². The number of anilines is 2. The van der Waals surface area contributed by atoms with E-state index in [4.69, 9.17) is 9.47 Å². The van der Waals surface area contributed by atoms with Crippen molar-refractivity contribution < 1.29 is 14.3 Å². The molecule has 0 atom stereocenters. The van der Waals surface area contributed by atoms with Crippen LogP contribution < -0.4 is 10.2 Å². The molecule has 0 bridgehead atoms. The number of aryl methyl sites for hydroxylation is 2. The van der Waals surface area contributed by atoms with Gasteiger partial charge in [-0.25, -0.2) is 4.98 Å². The number of carbonyl (C=O) groups excluding carboxylic acids is 1. The molecule has 4 rings (SSSR count). The van der Waals surface area contributed by atoms with Gasteiger partial charge < -0.3 is 19.7 Å². The second-order valence-corrected chi connectivity index (χ2v) is 7.25. The number of amides is 1. The molecule has 2 aliphatic heterocycles. The van der Waals surface area contributed by atoms with E-state index < -0.39 is 0 Å². The van der Waals surface area contributed by atoms with Crippen molar-refractivity contribution in [2.45, 2.75) is 32.5 Å². The van der Waals surface area contributed by atoms with E-state index >= 15 is 0 Å². The van der Waals surface area contributed by atoms with Gasteiger partial charge in [0.2, 0.25) is 0 Å². The minimum absolute atomic E-state index is 0.122. The first kappa shape index (κ1) is 17.9. The molecule has 1 spiro atoms. The van der Waals surface area contributed by atoms with Gasteiger partial charge in [0, 0.05) is 31.5 Å². The number of carbonyl (C=O) groups is 1. The zero-order chi connectivity index (χ0) is 18.9. The van der Waals surface area contributed by atoms with E-state index in [1.165, 1.54) is 5.56 Å². The number of ether oxygens (including phenoxy) is 2. The summed E-state index contributed by atoms with van der Waals surface area (Å²) in [5.41, 5.74) is 3.63. The summed E-state index contributed by atoms with van der Waals surface area (Å²) in [6.45, 7) is 7.11. The van der Waals surface area contributed by atoms with Gasteiger partial charge in [-0.3, -0.25) is 4.79 Å². The van der Waals surface area contributed by atoms with E-state index in [0.29, 0.717) is 24.5 Å². The summed E-state index contributed by atoms with van der Waals surface area (Å²) in [4.78, 5) is 19.2. The predicted octanol–water partition coefficient (Wildman–Crippen LogP) is 3.29.